The van der Waals surface area contributed by atoms with E-state index in [0.29, 0.717) is 16.9 Å². The number of rotatable bonds is 4. The van der Waals surface area contributed by atoms with Gasteiger partial charge in [0.1, 0.15) is 0 Å². The molecule has 3 rings (SSSR count). The molecule has 0 bridgehead atoms. The number of aromatic nitrogens is 1. The molecule has 0 saturated heterocycles. The van der Waals surface area contributed by atoms with Crippen LogP contribution in [0.5, 0.6) is 0 Å². The highest BCUT2D eigenvalue weighted by atomic mass is 16.6. The highest BCUT2D eigenvalue weighted by Crippen LogP contribution is 2.24. The quantitative estimate of drug-likeness (QED) is 0.525. The van der Waals surface area contributed by atoms with Gasteiger partial charge in [-0.25, -0.2) is 9.78 Å². The number of nitrogens with zero attached hydrogens (tertiary/aromatic N) is 2. The summed E-state index contributed by atoms with van der Waals surface area (Å²) in [6.45, 7) is 1.68. The maximum absolute atomic E-state index is 11.0. The predicted octanol–water partition coefficient (Wildman–Crippen LogP) is 4.39. The van der Waals surface area contributed by atoms with Crippen LogP contribution in [0.1, 0.15) is 15.9 Å². The number of carbonyl (C=O) groups is 1. The number of hydrogen-bond acceptors (Lipinski definition) is 5. The van der Waals surface area contributed by atoms with E-state index >= 15 is 0 Å². The molecule has 0 aliphatic carbocycles. The van der Waals surface area contributed by atoms with Gasteiger partial charge in [-0.1, -0.05) is 48.5 Å². The van der Waals surface area contributed by atoms with Gasteiger partial charge in [-0.3, -0.25) is 10.1 Å². The van der Waals surface area contributed by atoms with Crippen LogP contribution in [0.25, 0.3) is 11.1 Å². The molecule has 138 valence electrons. The van der Waals surface area contributed by atoms with Crippen LogP contribution in [0, 0.1) is 17.0 Å². The first-order valence-electron chi connectivity index (χ1n) is 8.11. The predicted molar refractivity (Wildman–Crippen MR) is 104 cm³/mol. The fraction of sp³-hybridized carbons (Fsp3) is 0.100. The Hall–Kier alpha value is -3.74. The first-order valence-corrected chi connectivity index (χ1v) is 8.11. The van der Waals surface area contributed by atoms with Gasteiger partial charge in [-0.15, -0.1) is 0 Å². The second kappa shape index (κ2) is 9.10. The summed E-state index contributed by atoms with van der Waals surface area (Å²) in [5.41, 5.74) is 2.67. The largest absolute Gasteiger partial charge is 0.478 e. The minimum atomic E-state index is -0.894. The first kappa shape index (κ1) is 19.6. The van der Waals surface area contributed by atoms with Gasteiger partial charge in [-0.05, 0) is 30.2 Å². The molecule has 7 heteroatoms. The van der Waals surface area contributed by atoms with Crippen molar-refractivity contribution in [1.29, 1.82) is 0 Å². The van der Waals surface area contributed by atoms with Gasteiger partial charge in [0.05, 0.1) is 10.5 Å². The molecule has 0 aliphatic rings. The molecule has 1 aromatic heterocycles. The van der Waals surface area contributed by atoms with Crippen LogP contribution in [0.2, 0.25) is 0 Å². The average Bonchev–Trinajstić information content (AvgIpc) is 2.68. The number of aromatic carboxylic acids is 1. The van der Waals surface area contributed by atoms with E-state index in [9.17, 15) is 14.9 Å². The summed E-state index contributed by atoms with van der Waals surface area (Å²) in [6.07, 6.45) is 1.54. The molecule has 0 fully saturated rings. The number of nitrogens with one attached hydrogen (secondary N) is 1. The molecule has 7 nitrogen and oxygen atoms in total. The highest BCUT2D eigenvalue weighted by Gasteiger charge is 2.16. The molecule has 1 heterocycles. The number of anilines is 1. The molecule has 2 aromatic carbocycles. The van der Waals surface area contributed by atoms with E-state index in [0.717, 1.165) is 11.1 Å². The normalized spacial score (nSPS) is 9.70. The Kier molecular flexibility index (Phi) is 6.60. The maximum atomic E-state index is 11.0. The lowest BCUT2D eigenvalue weighted by Crippen LogP contribution is -2.00. The van der Waals surface area contributed by atoms with Crippen molar-refractivity contribution in [2.45, 2.75) is 6.92 Å². The molecule has 0 spiro atoms. The molecule has 0 radical (unpaired) electrons. The van der Waals surface area contributed by atoms with Crippen LogP contribution >= 0.6 is 0 Å². The third-order valence-electron chi connectivity index (χ3n) is 3.79. The molecule has 2 N–H and O–H groups in total. The molecule has 0 unspecified atom stereocenters. The Morgan fingerprint density at radius 1 is 1.07 bits per heavy atom. The molecule has 27 heavy (non-hydrogen) atoms. The van der Waals surface area contributed by atoms with Crippen LogP contribution in [-0.4, -0.2) is 28.0 Å². The van der Waals surface area contributed by atoms with Gasteiger partial charge >= 0.3 is 11.7 Å². The fourth-order valence-electron chi connectivity index (χ4n) is 2.50. The molecule has 0 aliphatic heterocycles. The molecule has 3 aromatic rings. The smallest absolute Gasteiger partial charge is 0.336 e. The van der Waals surface area contributed by atoms with E-state index in [1.54, 1.807) is 32.2 Å². The lowest BCUT2D eigenvalue weighted by Gasteiger charge is -2.05. The lowest BCUT2D eigenvalue weighted by molar-refractivity contribution is -0.384. The number of aryl methyl sites for hydroxylation is 1. The summed E-state index contributed by atoms with van der Waals surface area (Å²) in [6, 6.07) is 18.1. The Morgan fingerprint density at radius 2 is 1.70 bits per heavy atom. The summed E-state index contributed by atoms with van der Waals surface area (Å²) in [5.74, 6) is -0.588. The molecule has 0 atom stereocenters. The summed E-state index contributed by atoms with van der Waals surface area (Å²) >= 11 is 0. The molecule has 0 saturated carbocycles. The number of carboxylic acid groups (broad SMARTS) is 1. The second-order valence-corrected chi connectivity index (χ2v) is 5.55. The van der Waals surface area contributed by atoms with Crippen molar-refractivity contribution in [2.24, 2.45) is 0 Å². The van der Waals surface area contributed by atoms with Crippen molar-refractivity contribution in [3.63, 3.8) is 0 Å². The molecular weight excluding hydrogens is 346 g/mol. The lowest BCUT2D eigenvalue weighted by atomic mass is 10.00. The minimum Gasteiger partial charge on any atom is -0.478 e. The van der Waals surface area contributed by atoms with Crippen LogP contribution in [0.15, 0.2) is 66.9 Å². The van der Waals surface area contributed by atoms with E-state index in [4.69, 9.17) is 5.11 Å². The summed E-state index contributed by atoms with van der Waals surface area (Å²) in [4.78, 5) is 24.9. The van der Waals surface area contributed by atoms with E-state index in [2.05, 4.69) is 10.3 Å². The topological polar surface area (TPSA) is 105 Å². The third-order valence-corrected chi connectivity index (χ3v) is 3.79. The van der Waals surface area contributed by atoms with Gasteiger partial charge in [0.15, 0.2) is 0 Å². The standard InChI is InChI=1S/C13H10O2.C7H9N3O2/c14-13(15)12-9-5-4-8-11(12)10-6-2-1-3-7-10;1-5-3-4-9-7(8-2)6(5)10(11)12/h1-9H,(H,14,15);3-4H,1-2H3,(H,8,9). The maximum Gasteiger partial charge on any atom is 0.336 e. The van der Waals surface area contributed by atoms with Crippen molar-refractivity contribution in [2.75, 3.05) is 12.4 Å². The van der Waals surface area contributed by atoms with Crippen molar-refractivity contribution in [1.82, 2.24) is 4.98 Å². The highest BCUT2D eigenvalue weighted by molar-refractivity contribution is 5.95. The van der Waals surface area contributed by atoms with Crippen LogP contribution in [-0.2, 0) is 0 Å². The van der Waals surface area contributed by atoms with E-state index < -0.39 is 10.9 Å². The average molecular weight is 365 g/mol. The third kappa shape index (κ3) is 4.88. The number of hydrogen-bond donors (Lipinski definition) is 2. The Balaban J connectivity index is 0.000000199. The Morgan fingerprint density at radius 3 is 2.26 bits per heavy atom. The molecule has 0 amide bonds. The monoisotopic (exact) mass is 365 g/mol. The van der Waals surface area contributed by atoms with Gasteiger partial charge in [0, 0.05) is 18.8 Å². The van der Waals surface area contributed by atoms with E-state index in [-0.39, 0.29) is 5.69 Å². The summed E-state index contributed by atoms with van der Waals surface area (Å²) < 4.78 is 0. The van der Waals surface area contributed by atoms with Crippen molar-refractivity contribution in [3.05, 3.63) is 88.1 Å². The Bertz CT molecular complexity index is 943. The van der Waals surface area contributed by atoms with Crippen molar-refractivity contribution >= 4 is 17.5 Å². The van der Waals surface area contributed by atoms with Crippen molar-refractivity contribution < 1.29 is 14.8 Å². The Labute approximate surface area is 156 Å². The van der Waals surface area contributed by atoms with Crippen LogP contribution in [0.3, 0.4) is 0 Å². The zero-order valence-electron chi connectivity index (χ0n) is 14.9. The number of benzene rings is 2. The van der Waals surface area contributed by atoms with Gasteiger partial charge in [-0.2, -0.15) is 0 Å². The van der Waals surface area contributed by atoms with Gasteiger partial charge in [0.2, 0.25) is 5.82 Å². The second-order valence-electron chi connectivity index (χ2n) is 5.55. The van der Waals surface area contributed by atoms with Crippen LogP contribution < -0.4 is 5.32 Å². The fourth-order valence-corrected chi connectivity index (χ4v) is 2.50. The molecular formula is C20H19N3O4. The zero-order chi connectivity index (χ0) is 19.8. The summed E-state index contributed by atoms with van der Waals surface area (Å²) in [7, 11) is 1.61. The number of carboxylic acids is 1. The number of nitro groups is 1. The number of pyridine rings is 1. The van der Waals surface area contributed by atoms with Gasteiger partial charge < -0.3 is 10.4 Å². The van der Waals surface area contributed by atoms with Crippen LogP contribution in [0.4, 0.5) is 11.5 Å². The van der Waals surface area contributed by atoms with Gasteiger partial charge in [0.25, 0.3) is 0 Å². The summed E-state index contributed by atoms with van der Waals surface area (Å²) in [5, 5.41) is 22.2. The zero-order valence-corrected chi connectivity index (χ0v) is 14.9. The SMILES string of the molecule is CNc1nccc(C)c1[N+](=O)[O-].O=C(O)c1ccccc1-c1ccccc1. The van der Waals surface area contributed by atoms with E-state index in [1.807, 2.05) is 42.5 Å². The van der Waals surface area contributed by atoms with E-state index in [1.165, 1.54) is 6.20 Å². The minimum absolute atomic E-state index is 0.0417. The van der Waals surface area contributed by atoms with Crippen molar-refractivity contribution in [3.8, 4) is 11.1 Å². The first-order chi connectivity index (χ1) is 13.0.